The monoisotopic (exact) mass is 972 g/mol. The second kappa shape index (κ2) is 24.5. The smallest absolute Gasteiger partial charge is 0.246 e. The van der Waals surface area contributed by atoms with Gasteiger partial charge in [-0.1, -0.05) is 78.8 Å². The maximum absolute atomic E-state index is 12.8. The Balaban J connectivity index is 0.000000224. The molecule has 0 unspecified atom stereocenters. The fourth-order valence-corrected chi connectivity index (χ4v) is 8.55. The van der Waals surface area contributed by atoms with Crippen LogP contribution in [0.5, 0.6) is 23.0 Å². The van der Waals surface area contributed by atoms with Crippen LogP contribution in [0.25, 0.3) is 12.2 Å². The molecule has 1 N–H and O–H groups in total. The van der Waals surface area contributed by atoms with Gasteiger partial charge >= 0.3 is 0 Å². The van der Waals surface area contributed by atoms with E-state index in [1.165, 1.54) is 0 Å². The van der Waals surface area contributed by atoms with Crippen LogP contribution in [0.3, 0.4) is 0 Å². The van der Waals surface area contributed by atoms with Gasteiger partial charge < -0.3 is 48.4 Å². The largest absolute Gasteiger partial charge is 0.508 e. The van der Waals surface area contributed by atoms with Gasteiger partial charge in [-0.05, 0) is 115 Å². The van der Waals surface area contributed by atoms with E-state index in [4.69, 9.17) is 46.9 Å². The first-order chi connectivity index (χ1) is 33.5. The van der Waals surface area contributed by atoms with E-state index < -0.39 is 5.79 Å². The maximum Gasteiger partial charge on any atom is 0.246 e. The lowest BCUT2D eigenvalue weighted by Gasteiger charge is -2.35. The summed E-state index contributed by atoms with van der Waals surface area (Å²) in [4.78, 5) is 33.4. The molecule has 360 valence electrons. The number of ether oxygens (including phenoxy) is 5. The van der Waals surface area contributed by atoms with Crippen molar-refractivity contribution in [3.8, 4) is 23.0 Å². The number of anilines is 2. The zero-order chi connectivity index (χ0) is 48.6. The van der Waals surface area contributed by atoms with E-state index in [1.807, 2.05) is 120 Å². The lowest BCUT2D eigenvalue weighted by molar-refractivity contribution is -0.164. The van der Waals surface area contributed by atoms with E-state index in [0.29, 0.717) is 62.7 Å². The summed E-state index contributed by atoms with van der Waals surface area (Å²) in [6.07, 6.45) is 10.0. The predicted octanol–water partition coefficient (Wildman–Crippen LogP) is 9.91. The first kappa shape index (κ1) is 50.2. The lowest BCUT2D eigenvalue weighted by Crippen LogP contribution is -2.48. The van der Waals surface area contributed by atoms with Crippen molar-refractivity contribution in [1.29, 1.82) is 0 Å². The quantitative estimate of drug-likeness (QED) is 0.0758. The third kappa shape index (κ3) is 14.4. The average molecular weight is 974 g/mol. The van der Waals surface area contributed by atoms with E-state index in [2.05, 4.69) is 23.0 Å². The molecule has 3 heterocycles. The first-order valence-corrected chi connectivity index (χ1v) is 23.6. The van der Waals surface area contributed by atoms with Gasteiger partial charge in [-0.2, -0.15) is 0 Å². The SMILES string of the molecule is C=CCOc1cccc(/C=C/C(=O)N2CCN(c3ccc(O)cc3)CC2)c1.C=CCOc1cccc(/C=C/C(=O)N2CCN(c3ccc(OC[C@@H]4CO[C@](C)(c5ccc(Cl)cc5Cl)O4)cc3)CC2)c1. The van der Waals surface area contributed by atoms with Gasteiger partial charge in [0, 0.05) is 86.5 Å². The van der Waals surface area contributed by atoms with Gasteiger partial charge in [-0.25, -0.2) is 0 Å². The average Bonchev–Trinajstić information content (AvgIpc) is 3.77. The van der Waals surface area contributed by atoms with Crippen LogP contribution in [0, 0.1) is 0 Å². The third-order valence-corrected chi connectivity index (χ3v) is 12.2. The topological polar surface area (TPSA) is 113 Å². The number of rotatable bonds is 16. The normalized spacial score (nSPS) is 18.2. The molecule has 0 bridgehead atoms. The van der Waals surface area contributed by atoms with Crippen molar-refractivity contribution < 1.29 is 38.4 Å². The molecular formula is C55H58Cl2N4O8. The molecule has 0 saturated carbocycles. The summed E-state index contributed by atoms with van der Waals surface area (Å²) < 4.78 is 29.2. The zero-order valence-electron chi connectivity index (χ0n) is 38.8. The summed E-state index contributed by atoms with van der Waals surface area (Å²) >= 11 is 12.4. The summed E-state index contributed by atoms with van der Waals surface area (Å²) in [6, 6.07) is 35.7. The van der Waals surface area contributed by atoms with Gasteiger partial charge in [0.25, 0.3) is 0 Å². The fraction of sp³-hybridized carbons (Fsp3) is 0.273. The van der Waals surface area contributed by atoms with Crippen molar-refractivity contribution in [2.75, 3.05) is 88.6 Å². The predicted molar refractivity (Wildman–Crippen MR) is 275 cm³/mol. The van der Waals surface area contributed by atoms with E-state index in [9.17, 15) is 14.7 Å². The van der Waals surface area contributed by atoms with Gasteiger partial charge in [0.2, 0.25) is 11.8 Å². The van der Waals surface area contributed by atoms with Crippen LogP contribution in [0.1, 0.15) is 23.6 Å². The van der Waals surface area contributed by atoms with E-state index in [-0.39, 0.29) is 23.7 Å². The number of benzene rings is 5. The number of piperazine rings is 2. The summed E-state index contributed by atoms with van der Waals surface area (Å²) in [5.74, 6) is 1.57. The molecule has 0 aromatic heterocycles. The molecule has 0 radical (unpaired) electrons. The Bertz CT molecular complexity index is 2570. The molecular weight excluding hydrogens is 916 g/mol. The molecule has 12 nitrogen and oxygen atoms in total. The number of phenols is 1. The van der Waals surface area contributed by atoms with Gasteiger partial charge in [0.05, 0.1) is 11.6 Å². The molecule has 5 aromatic rings. The van der Waals surface area contributed by atoms with Crippen molar-refractivity contribution in [3.63, 3.8) is 0 Å². The van der Waals surface area contributed by atoms with Crippen LogP contribution in [0.2, 0.25) is 10.0 Å². The summed E-state index contributed by atoms with van der Waals surface area (Å²) in [6.45, 7) is 16.5. The number of hydrogen-bond acceptors (Lipinski definition) is 10. The fourth-order valence-electron chi connectivity index (χ4n) is 7.97. The highest BCUT2D eigenvalue weighted by Gasteiger charge is 2.40. The van der Waals surface area contributed by atoms with Gasteiger partial charge in [0.1, 0.15) is 48.9 Å². The van der Waals surface area contributed by atoms with Crippen molar-refractivity contribution in [2.45, 2.75) is 18.8 Å². The highest BCUT2D eigenvalue weighted by atomic mass is 35.5. The molecule has 2 atom stereocenters. The molecule has 0 spiro atoms. The molecule has 3 saturated heterocycles. The number of carbonyl (C=O) groups is 2. The van der Waals surface area contributed by atoms with E-state index >= 15 is 0 Å². The van der Waals surface area contributed by atoms with Gasteiger partial charge in [-0.3, -0.25) is 9.59 Å². The third-order valence-electron chi connectivity index (χ3n) is 11.7. The summed E-state index contributed by atoms with van der Waals surface area (Å²) in [5.41, 5.74) is 4.72. The van der Waals surface area contributed by atoms with Crippen molar-refractivity contribution in [1.82, 2.24) is 9.80 Å². The number of amides is 2. The van der Waals surface area contributed by atoms with Crippen molar-refractivity contribution in [3.05, 3.63) is 179 Å². The number of phenolic OH excluding ortho intramolecular Hbond substituents is 1. The standard InChI is InChI=1S/C33H34Cl2N2O5.C22H24N2O3/c1-3-19-39-28-6-4-5-24(20-28)7-14-32(38)37-17-15-36(16-18-37)26-9-11-27(12-10-26)40-22-29-23-41-33(2,42-29)30-13-8-25(34)21-31(30)35;1-2-16-27-21-5-3-4-18(17-21)6-11-22(26)24-14-12-23(13-15-24)19-7-9-20(25)10-8-19/h3-14,20-21,29H,1,15-19,22-23H2,2H3;2-11,17,25H,1,12-16H2/b14-7+;11-6+/t29-,33+;/m1./s1. The second-order valence-electron chi connectivity index (χ2n) is 16.6. The zero-order valence-corrected chi connectivity index (χ0v) is 40.3. The van der Waals surface area contributed by atoms with Crippen LogP contribution in [0.4, 0.5) is 11.4 Å². The molecule has 14 heteroatoms. The number of halogens is 2. The first-order valence-electron chi connectivity index (χ1n) is 22.9. The lowest BCUT2D eigenvalue weighted by atomic mass is 10.1. The second-order valence-corrected chi connectivity index (χ2v) is 17.4. The minimum Gasteiger partial charge on any atom is -0.508 e. The number of nitrogens with zero attached hydrogens (tertiary/aromatic N) is 4. The Morgan fingerprint density at radius 2 is 1.17 bits per heavy atom. The number of carbonyl (C=O) groups excluding carboxylic acids is 2. The highest BCUT2D eigenvalue weighted by molar-refractivity contribution is 6.35. The molecule has 8 rings (SSSR count). The number of aromatic hydroxyl groups is 1. The van der Waals surface area contributed by atoms with Crippen LogP contribution in [-0.4, -0.2) is 112 Å². The van der Waals surface area contributed by atoms with Gasteiger partial charge in [0.15, 0.2) is 5.79 Å². The van der Waals surface area contributed by atoms with Gasteiger partial charge in [-0.15, -0.1) is 0 Å². The Morgan fingerprint density at radius 1 is 0.667 bits per heavy atom. The van der Waals surface area contributed by atoms with Crippen LogP contribution in [-0.2, 0) is 24.8 Å². The Morgan fingerprint density at radius 3 is 1.67 bits per heavy atom. The van der Waals surface area contributed by atoms with Crippen molar-refractivity contribution in [2.24, 2.45) is 0 Å². The maximum atomic E-state index is 12.8. The molecule has 3 aliphatic heterocycles. The van der Waals surface area contributed by atoms with Crippen molar-refractivity contribution >= 4 is 58.5 Å². The molecule has 5 aromatic carbocycles. The summed E-state index contributed by atoms with van der Waals surface area (Å²) in [5, 5.41) is 10.5. The molecule has 69 heavy (non-hydrogen) atoms. The molecule has 3 fully saturated rings. The Hall–Kier alpha value is -6.70. The summed E-state index contributed by atoms with van der Waals surface area (Å²) in [7, 11) is 0. The number of hydrogen-bond donors (Lipinski definition) is 1. The van der Waals surface area contributed by atoms with Crippen LogP contribution >= 0.6 is 23.2 Å². The van der Waals surface area contributed by atoms with E-state index in [1.54, 1.807) is 48.6 Å². The Kier molecular flexibility index (Phi) is 17.8. The Labute approximate surface area is 414 Å². The van der Waals surface area contributed by atoms with Crippen LogP contribution in [0.15, 0.2) is 153 Å². The highest BCUT2D eigenvalue weighted by Crippen LogP contribution is 2.39. The molecule has 3 aliphatic rings. The van der Waals surface area contributed by atoms with Crippen LogP contribution < -0.4 is 24.0 Å². The molecule has 0 aliphatic carbocycles. The molecule has 2 amide bonds. The van der Waals surface area contributed by atoms with E-state index in [0.717, 1.165) is 71.5 Å². The minimum atomic E-state index is -0.954. The minimum absolute atomic E-state index is 0.00311.